The van der Waals surface area contributed by atoms with E-state index in [0.29, 0.717) is 17.8 Å². The van der Waals surface area contributed by atoms with Crippen molar-refractivity contribution in [2.24, 2.45) is 0 Å². The molecule has 0 saturated carbocycles. The van der Waals surface area contributed by atoms with Gasteiger partial charge >= 0.3 is 5.97 Å². The molecule has 1 atom stereocenters. The third-order valence-electron chi connectivity index (χ3n) is 6.00. The van der Waals surface area contributed by atoms with Crippen LogP contribution in [0.5, 0.6) is 5.75 Å². The number of nitrogens with zero attached hydrogens (tertiary/aromatic N) is 1. The minimum absolute atomic E-state index is 0.00346. The van der Waals surface area contributed by atoms with E-state index in [1.807, 2.05) is 43.3 Å². The van der Waals surface area contributed by atoms with Crippen molar-refractivity contribution in [1.29, 1.82) is 0 Å². The lowest BCUT2D eigenvalue weighted by atomic mass is 9.81. The van der Waals surface area contributed by atoms with Crippen LogP contribution in [0.1, 0.15) is 63.6 Å². The Bertz CT molecular complexity index is 997. The van der Waals surface area contributed by atoms with Crippen molar-refractivity contribution in [2.45, 2.75) is 58.9 Å². The topological polar surface area (TPSA) is 55.8 Å². The summed E-state index contributed by atoms with van der Waals surface area (Å²) in [5, 5.41) is 0. The number of ether oxygens (including phenoxy) is 2. The van der Waals surface area contributed by atoms with Crippen LogP contribution >= 0.6 is 0 Å². The maximum absolute atomic E-state index is 13.2. The number of carbonyl (C=O) groups is 2. The molecule has 0 saturated heterocycles. The van der Waals surface area contributed by atoms with Crippen LogP contribution in [0, 0.1) is 0 Å². The molecule has 0 fully saturated rings. The summed E-state index contributed by atoms with van der Waals surface area (Å²) in [4.78, 5) is 27.8. The predicted octanol–water partition coefficient (Wildman–Crippen LogP) is 5.35. The van der Waals surface area contributed by atoms with Gasteiger partial charge in [0.2, 0.25) is 5.91 Å². The monoisotopic (exact) mass is 435 g/mol. The smallest absolute Gasteiger partial charge is 0.336 e. The summed E-state index contributed by atoms with van der Waals surface area (Å²) in [6, 6.07) is 15.8. The molecular formula is C27H33NO4. The maximum Gasteiger partial charge on any atom is 0.336 e. The van der Waals surface area contributed by atoms with Gasteiger partial charge in [-0.1, -0.05) is 57.2 Å². The van der Waals surface area contributed by atoms with Crippen molar-refractivity contribution < 1.29 is 19.1 Å². The lowest BCUT2D eigenvalue weighted by molar-refractivity contribution is -0.140. The molecule has 2 aromatic rings. The largest absolute Gasteiger partial charge is 0.497 e. The fourth-order valence-corrected chi connectivity index (χ4v) is 4.09. The number of rotatable bonds is 6. The molecule has 1 heterocycles. The molecule has 32 heavy (non-hydrogen) atoms. The van der Waals surface area contributed by atoms with Crippen molar-refractivity contribution in [3.8, 4) is 5.75 Å². The second kappa shape index (κ2) is 9.60. The number of carbonyl (C=O) groups excluding carboxylic acids is 2. The number of benzene rings is 2. The summed E-state index contributed by atoms with van der Waals surface area (Å²) in [7, 11) is 1.62. The SMILES string of the molecule is CCOC(=O)C1=C(C)N(Cc2ccc(OC)cc2)C(=O)CC1c1ccc(C(C)(C)C)cc1. The van der Waals surface area contributed by atoms with Gasteiger partial charge in [0.25, 0.3) is 0 Å². The highest BCUT2D eigenvalue weighted by Crippen LogP contribution is 2.38. The Morgan fingerprint density at radius 3 is 2.22 bits per heavy atom. The molecule has 3 rings (SSSR count). The van der Waals surface area contributed by atoms with Crippen LogP contribution in [0.2, 0.25) is 0 Å². The average Bonchev–Trinajstić information content (AvgIpc) is 2.76. The molecule has 1 amide bonds. The number of amides is 1. The Morgan fingerprint density at radius 1 is 1.06 bits per heavy atom. The Kier molecular flexibility index (Phi) is 7.07. The van der Waals surface area contributed by atoms with Crippen molar-refractivity contribution >= 4 is 11.9 Å². The molecular weight excluding hydrogens is 402 g/mol. The molecule has 0 N–H and O–H groups in total. The zero-order valence-corrected chi connectivity index (χ0v) is 19.9. The van der Waals surface area contributed by atoms with Gasteiger partial charge < -0.3 is 14.4 Å². The van der Waals surface area contributed by atoms with E-state index >= 15 is 0 Å². The van der Waals surface area contributed by atoms with Gasteiger partial charge in [0.1, 0.15) is 5.75 Å². The van der Waals surface area contributed by atoms with E-state index < -0.39 is 0 Å². The summed E-state index contributed by atoms with van der Waals surface area (Å²) in [5.41, 5.74) is 4.38. The first-order valence-electron chi connectivity index (χ1n) is 11.1. The first kappa shape index (κ1) is 23.6. The van der Waals surface area contributed by atoms with Crippen molar-refractivity contribution in [3.05, 3.63) is 76.5 Å². The van der Waals surface area contributed by atoms with Gasteiger partial charge in [0.05, 0.1) is 25.8 Å². The van der Waals surface area contributed by atoms with Crippen molar-refractivity contribution in [2.75, 3.05) is 13.7 Å². The second-order valence-electron chi connectivity index (χ2n) is 9.18. The van der Waals surface area contributed by atoms with Crippen LogP contribution < -0.4 is 4.74 Å². The van der Waals surface area contributed by atoms with Crippen LogP contribution in [0.4, 0.5) is 0 Å². The molecule has 1 aliphatic rings. The summed E-state index contributed by atoms with van der Waals surface area (Å²) >= 11 is 0. The van der Waals surface area contributed by atoms with E-state index in [-0.39, 0.29) is 36.2 Å². The highest BCUT2D eigenvalue weighted by atomic mass is 16.5. The number of hydrogen-bond acceptors (Lipinski definition) is 4. The fraction of sp³-hybridized carbons (Fsp3) is 0.407. The summed E-state index contributed by atoms with van der Waals surface area (Å²) in [6.45, 7) is 10.8. The average molecular weight is 436 g/mol. The third-order valence-corrected chi connectivity index (χ3v) is 6.00. The molecule has 2 aromatic carbocycles. The summed E-state index contributed by atoms with van der Waals surface area (Å²) in [5.74, 6) is 0.0815. The summed E-state index contributed by atoms with van der Waals surface area (Å²) in [6.07, 6.45) is 0.233. The third kappa shape index (κ3) is 5.04. The standard InChI is InChI=1S/C27H33NO4/c1-7-32-26(30)25-18(2)28(17-19-8-14-22(31-6)15-9-19)24(29)16-23(25)20-10-12-21(13-11-20)27(3,4)5/h8-15,23H,7,16-17H2,1-6H3. The fourth-order valence-electron chi connectivity index (χ4n) is 4.09. The van der Waals surface area contributed by atoms with Crippen molar-refractivity contribution in [1.82, 2.24) is 4.90 Å². The van der Waals surface area contributed by atoms with Gasteiger partial charge in [0, 0.05) is 18.0 Å². The highest BCUT2D eigenvalue weighted by Gasteiger charge is 2.37. The molecule has 0 bridgehead atoms. The van der Waals surface area contributed by atoms with Crippen LogP contribution in [-0.2, 0) is 26.3 Å². The Morgan fingerprint density at radius 2 is 1.69 bits per heavy atom. The van der Waals surface area contributed by atoms with Gasteiger partial charge in [-0.25, -0.2) is 4.79 Å². The molecule has 5 nitrogen and oxygen atoms in total. The van der Waals surface area contributed by atoms with E-state index in [4.69, 9.17) is 9.47 Å². The zero-order chi connectivity index (χ0) is 23.5. The molecule has 0 radical (unpaired) electrons. The van der Waals surface area contributed by atoms with Crippen LogP contribution in [0.3, 0.4) is 0 Å². The lowest BCUT2D eigenvalue weighted by Gasteiger charge is -2.34. The van der Waals surface area contributed by atoms with Gasteiger partial charge in [-0.05, 0) is 48.1 Å². The van der Waals surface area contributed by atoms with E-state index in [1.54, 1.807) is 18.9 Å². The van der Waals surface area contributed by atoms with Gasteiger partial charge in [0.15, 0.2) is 0 Å². The lowest BCUT2D eigenvalue weighted by Crippen LogP contribution is -2.38. The van der Waals surface area contributed by atoms with E-state index in [2.05, 4.69) is 32.9 Å². The minimum Gasteiger partial charge on any atom is -0.497 e. The molecule has 0 spiro atoms. The van der Waals surface area contributed by atoms with Gasteiger partial charge in [-0.3, -0.25) is 4.79 Å². The van der Waals surface area contributed by atoms with Crippen molar-refractivity contribution in [3.63, 3.8) is 0 Å². The quantitative estimate of drug-likeness (QED) is 0.574. The van der Waals surface area contributed by atoms with E-state index in [1.165, 1.54) is 5.56 Å². The van der Waals surface area contributed by atoms with E-state index in [9.17, 15) is 9.59 Å². The predicted molar refractivity (Wildman–Crippen MR) is 125 cm³/mol. The number of esters is 1. The van der Waals surface area contributed by atoms with E-state index in [0.717, 1.165) is 16.9 Å². The molecule has 0 aromatic heterocycles. The van der Waals surface area contributed by atoms with Gasteiger partial charge in [-0.15, -0.1) is 0 Å². The Labute approximate surface area is 191 Å². The van der Waals surface area contributed by atoms with Crippen LogP contribution in [0.25, 0.3) is 0 Å². The minimum atomic E-state index is -0.359. The maximum atomic E-state index is 13.2. The van der Waals surface area contributed by atoms with Crippen LogP contribution in [0.15, 0.2) is 59.8 Å². The number of methoxy groups -OCH3 is 1. The number of hydrogen-bond donors (Lipinski definition) is 0. The molecule has 1 aliphatic heterocycles. The molecule has 170 valence electrons. The summed E-state index contributed by atoms with van der Waals surface area (Å²) < 4.78 is 10.6. The molecule has 5 heteroatoms. The first-order chi connectivity index (χ1) is 15.2. The Balaban J connectivity index is 1.98. The second-order valence-corrected chi connectivity index (χ2v) is 9.18. The first-order valence-corrected chi connectivity index (χ1v) is 11.1. The zero-order valence-electron chi connectivity index (χ0n) is 19.9. The van der Waals surface area contributed by atoms with Gasteiger partial charge in [-0.2, -0.15) is 0 Å². The van der Waals surface area contributed by atoms with Crippen LogP contribution in [-0.4, -0.2) is 30.5 Å². The Hall–Kier alpha value is -3.08. The normalized spacial score (nSPS) is 16.9. The highest BCUT2D eigenvalue weighted by molar-refractivity contribution is 5.95. The molecule has 1 unspecified atom stereocenters. The molecule has 0 aliphatic carbocycles. The number of allylic oxidation sites excluding steroid dienone is 1.